The number of para-hydroxylation sites is 1. The molecule has 0 spiro atoms. The highest BCUT2D eigenvalue weighted by Gasteiger charge is 2.37. The van der Waals surface area contributed by atoms with Gasteiger partial charge in [0, 0.05) is 50.3 Å². The highest BCUT2D eigenvalue weighted by atomic mass is 15.2. The first kappa shape index (κ1) is 43.5. The van der Waals surface area contributed by atoms with Crippen LogP contribution in [0.2, 0.25) is 0 Å². The van der Waals surface area contributed by atoms with E-state index in [0.717, 1.165) is 29.9 Å². The molecule has 0 saturated heterocycles. The van der Waals surface area contributed by atoms with Crippen LogP contribution >= 0.6 is 0 Å². The fourth-order valence-corrected chi connectivity index (χ4v) is 10.2. The molecule has 7 aromatic rings. The summed E-state index contributed by atoms with van der Waals surface area (Å²) in [6.45, 7) is 32.5. The number of hydrogen-bond donors (Lipinski definition) is 0. The van der Waals surface area contributed by atoms with E-state index < -0.39 is 0 Å². The molecule has 0 N–H and O–H groups in total. The molecule has 3 heteroatoms. The number of rotatable bonds is 6. The molecule has 0 amide bonds. The average molecular weight is 844 g/mol. The van der Waals surface area contributed by atoms with Crippen molar-refractivity contribution in [3.8, 4) is 5.69 Å². The van der Waals surface area contributed by atoms with Crippen molar-refractivity contribution in [2.45, 2.75) is 131 Å². The Balaban J connectivity index is 1.32. The van der Waals surface area contributed by atoms with Gasteiger partial charge in [0.2, 0.25) is 0 Å². The molecule has 328 valence electrons. The molecule has 0 atom stereocenters. The first-order valence-corrected chi connectivity index (χ1v) is 23.6. The quantitative estimate of drug-likeness (QED) is 0.165. The minimum absolute atomic E-state index is 0.0611. The molecule has 2 aliphatic rings. The minimum atomic E-state index is -0.240. The molecule has 0 bridgehead atoms. The van der Waals surface area contributed by atoms with Gasteiger partial charge in [0.15, 0.2) is 0 Å². The lowest BCUT2D eigenvalue weighted by atomic mass is 9.74. The van der Waals surface area contributed by atoms with Gasteiger partial charge >= 0.3 is 0 Å². The van der Waals surface area contributed by atoms with Crippen molar-refractivity contribution in [1.29, 1.82) is 0 Å². The maximum absolute atomic E-state index is 2.56. The normalized spacial score (nSPS) is 15.2. The summed E-state index contributed by atoms with van der Waals surface area (Å²) in [6, 6.07) is 49.0. The summed E-state index contributed by atoms with van der Waals surface area (Å²) in [6.07, 6.45) is 6.82. The lowest BCUT2D eigenvalue weighted by Crippen LogP contribution is -2.27. The summed E-state index contributed by atoms with van der Waals surface area (Å²) >= 11 is 0. The fourth-order valence-electron chi connectivity index (χ4n) is 10.2. The standard InChI is InChI=1S/C61H69N3/c1-57(2,3)40-19-27-44(28-20-40)62(45-29-21-41(22-30-45)58(4,5)6)48-35-36-54-50(37-48)51-38-49(39-53-56(51)64(54)55-18-16-15-17-52(55)61(53,13)14)63(46-31-23-42(24-32-46)59(7,8)9)47-33-25-43(26-34-47)60(10,11)12/h15-25,27-33,35-39H,26,34H2,1-14H3. The molecule has 0 fully saturated rings. The van der Waals surface area contributed by atoms with Crippen molar-refractivity contribution in [2.24, 2.45) is 5.41 Å². The first-order valence-electron chi connectivity index (χ1n) is 23.6. The van der Waals surface area contributed by atoms with Crippen LogP contribution in [0.1, 0.15) is 138 Å². The van der Waals surface area contributed by atoms with E-state index in [-0.39, 0.29) is 27.1 Å². The van der Waals surface area contributed by atoms with Crippen LogP contribution < -0.4 is 9.80 Å². The molecule has 0 saturated carbocycles. The number of nitrogens with zero attached hydrogens (tertiary/aromatic N) is 3. The summed E-state index contributed by atoms with van der Waals surface area (Å²) in [5.41, 5.74) is 19.2. The number of allylic oxidation sites excluding steroid dienone is 4. The van der Waals surface area contributed by atoms with Crippen molar-refractivity contribution < 1.29 is 0 Å². The molecule has 9 rings (SSSR count). The Morgan fingerprint density at radius 1 is 0.438 bits per heavy atom. The largest absolute Gasteiger partial charge is 0.314 e. The second-order valence-corrected chi connectivity index (χ2v) is 23.2. The summed E-state index contributed by atoms with van der Waals surface area (Å²) < 4.78 is 2.55. The second-order valence-electron chi connectivity index (χ2n) is 23.2. The van der Waals surface area contributed by atoms with E-state index in [1.165, 1.54) is 78.0 Å². The van der Waals surface area contributed by atoms with Gasteiger partial charge in [-0.2, -0.15) is 0 Å². The molecular weight excluding hydrogens is 775 g/mol. The second kappa shape index (κ2) is 15.2. The fraction of sp³-hybridized carbons (Fsp3) is 0.344. The van der Waals surface area contributed by atoms with Crippen molar-refractivity contribution >= 4 is 50.2 Å². The van der Waals surface area contributed by atoms with E-state index in [4.69, 9.17) is 0 Å². The van der Waals surface area contributed by atoms with Crippen LogP contribution in [0, 0.1) is 5.41 Å². The van der Waals surface area contributed by atoms with E-state index in [9.17, 15) is 0 Å². The van der Waals surface area contributed by atoms with Crippen molar-refractivity contribution in [3.05, 3.63) is 179 Å². The van der Waals surface area contributed by atoms with E-state index in [1.807, 2.05) is 0 Å². The van der Waals surface area contributed by atoms with Crippen LogP contribution in [0.25, 0.3) is 27.5 Å². The lowest BCUT2D eigenvalue weighted by Gasteiger charge is -2.37. The van der Waals surface area contributed by atoms with Gasteiger partial charge in [-0.15, -0.1) is 0 Å². The molecule has 1 aromatic heterocycles. The molecule has 1 aliphatic carbocycles. The predicted molar refractivity (Wildman–Crippen MR) is 277 cm³/mol. The van der Waals surface area contributed by atoms with Crippen molar-refractivity contribution in [3.63, 3.8) is 0 Å². The van der Waals surface area contributed by atoms with Crippen LogP contribution in [-0.4, -0.2) is 4.57 Å². The first-order chi connectivity index (χ1) is 30.0. The molecule has 6 aromatic carbocycles. The van der Waals surface area contributed by atoms with E-state index in [2.05, 4.69) is 251 Å². The van der Waals surface area contributed by atoms with Gasteiger partial charge in [0.25, 0.3) is 0 Å². The summed E-state index contributed by atoms with van der Waals surface area (Å²) in [5.74, 6) is 0. The minimum Gasteiger partial charge on any atom is -0.314 e. The Kier molecular flexibility index (Phi) is 10.3. The topological polar surface area (TPSA) is 11.4 Å². The molecule has 1 aliphatic heterocycles. The monoisotopic (exact) mass is 844 g/mol. The summed E-state index contributed by atoms with van der Waals surface area (Å²) in [5, 5.41) is 2.53. The Hall–Kier alpha value is -5.80. The number of fused-ring (bicyclic) bond motifs is 5. The Labute approximate surface area is 384 Å². The Bertz CT molecular complexity index is 2900. The molecule has 0 unspecified atom stereocenters. The van der Waals surface area contributed by atoms with Crippen molar-refractivity contribution in [1.82, 2.24) is 4.57 Å². The zero-order valence-electron chi connectivity index (χ0n) is 41.0. The maximum atomic E-state index is 2.56. The van der Waals surface area contributed by atoms with Gasteiger partial charge in [-0.25, -0.2) is 0 Å². The van der Waals surface area contributed by atoms with E-state index >= 15 is 0 Å². The predicted octanol–water partition coefficient (Wildman–Crippen LogP) is 17.6. The third-order valence-corrected chi connectivity index (χ3v) is 14.2. The zero-order chi connectivity index (χ0) is 45.7. The van der Waals surface area contributed by atoms with Crippen LogP contribution in [-0.2, 0) is 21.7 Å². The zero-order valence-corrected chi connectivity index (χ0v) is 41.0. The Morgan fingerprint density at radius 2 is 0.922 bits per heavy atom. The van der Waals surface area contributed by atoms with E-state index in [0.29, 0.717) is 0 Å². The highest BCUT2D eigenvalue weighted by Crippen LogP contribution is 2.51. The molecule has 2 heterocycles. The molecular formula is C61H69N3. The number of benzene rings is 6. The maximum Gasteiger partial charge on any atom is 0.0583 e. The number of anilines is 5. The van der Waals surface area contributed by atoms with Crippen LogP contribution in [0.15, 0.2) is 151 Å². The average Bonchev–Trinajstić information content (AvgIpc) is 3.56. The van der Waals surface area contributed by atoms with Gasteiger partial charge in [-0.3, -0.25) is 0 Å². The third-order valence-electron chi connectivity index (χ3n) is 14.2. The Morgan fingerprint density at radius 3 is 1.41 bits per heavy atom. The van der Waals surface area contributed by atoms with Crippen LogP contribution in [0.5, 0.6) is 0 Å². The third kappa shape index (κ3) is 7.59. The van der Waals surface area contributed by atoms with Crippen LogP contribution in [0.3, 0.4) is 0 Å². The van der Waals surface area contributed by atoms with E-state index in [1.54, 1.807) is 0 Å². The SMILES string of the molecule is CC(C)(C)C1=CC=C(N(c2ccc(C(C)(C)C)cc2)c2cc3c4c(c2)c2cc(N(c5ccc(C(C)(C)C)cc5)c5ccc(C(C)(C)C)cc5)ccc2n4-c2ccccc2C3(C)C)CC1. The summed E-state index contributed by atoms with van der Waals surface area (Å²) in [4.78, 5) is 5.00. The van der Waals surface area contributed by atoms with Crippen LogP contribution in [0.4, 0.5) is 28.4 Å². The summed E-state index contributed by atoms with van der Waals surface area (Å²) in [7, 11) is 0. The van der Waals surface area contributed by atoms with Gasteiger partial charge in [-0.1, -0.05) is 163 Å². The lowest BCUT2D eigenvalue weighted by molar-refractivity contribution is 0.479. The highest BCUT2D eigenvalue weighted by molar-refractivity contribution is 6.14. The molecule has 3 nitrogen and oxygen atoms in total. The van der Waals surface area contributed by atoms with Gasteiger partial charge in [0.1, 0.15) is 0 Å². The number of aromatic nitrogens is 1. The van der Waals surface area contributed by atoms with Gasteiger partial charge < -0.3 is 14.4 Å². The van der Waals surface area contributed by atoms with Gasteiger partial charge in [0.05, 0.1) is 16.7 Å². The van der Waals surface area contributed by atoms with Crippen molar-refractivity contribution in [2.75, 3.05) is 9.80 Å². The van der Waals surface area contributed by atoms with Gasteiger partial charge in [-0.05, 0) is 141 Å². The smallest absolute Gasteiger partial charge is 0.0583 e. The number of hydrogen-bond acceptors (Lipinski definition) is 2. The molecule has 64 heavy (non-hydrogen) atoms. The molecule has 0 radical (unpaired) electrons.